The number of nitrogens with zero attached hydrogens (tertiary/aromatic N) is 1. The standard InChI is InChI=1S/C8H14N2O3/c1-5(11)8(13)9-7-3-10(4-7)6(2)12/h5,7,11H,3-4H2,1-2H3,(H,9,13)/t5-/m0/s1. The van der Waals surface area contributed by atoms with E-state index in [1.807, 2.05) is 0 Å². The number of carbonyl (C=O) groups excluding carboxylic acids is 2. The van der Waals surface area contributed by atoms with E-state index in [1.54, 1.807) is 4.90 Å². The second-order valence-electron chi connectivity index (χ2n) is 3.31. The second kappa shape index (κ2) is 3.74. The fraction of sp³-hybridized carbons (Fsp3) is 0.750. The van der Waals surface area contributed by atoms with Crippen molar-refractivity contribution >= 4 is 11.8 Å². The molecule has 1 saturated heterocycles. The van der Waals surface area contributed by atoms with Crippen LogP contribution in [0.2, 0.25) is 0 Å². The first-order valence-electron chi connectivity index (χ1n) is 4.24. The molecule has 2 amide bonds. The van der Waals surface area contributed by atoms with Gasteiger partial charge in [-0.2, -0.15) is 0 Å². The number of hydrogen-bond donors (Lipinski definition) is 2. The molecule has 1 atom stereocenters. The maximum atomic E-state index is 11.0. The first kappa shape index (κ1) is 9.98. The summed E-state index contributed by atoms with van der Waals surface area (Å²) in [5.41, 5.74) is 0. The van der Waals surface area contributed by atoms with Crippen LogP contribution in [-0.2, 0) is 9.59 Å². The summed E-state index contributed by atoms with van der Waals surface area (Å²) in [5.74, 6) is -0.365. The summed E-state index contributed by atoms with van der Waals surface area (Å²) in [6, 6.07) is 0.00556. The van der Waals surface area contributed by atoms with Crippen LogP contribution in [0.25, 0.3) is 0 Å². The minimum atomic E-state index is -0.980. The van der Waals surface area contributed by atoms with Crippen molar-refractivity contribution in [2.24, 2.45) is 0 Å². The molecule has 1 aliphatic rings. The van der Waals surface area contributed by atoms with Crippen molar-refractivity contribution in [3.05, 3.63) is 0 Å². The first-order valence-corrected chi connectivity index (χ1v) is 4.24. The molecule has 5 heteroatoms. The quantitative estimate of drug-likeness (QED) is 0.564. The van der Waals surface area contributed by atoms with Crippen molar-refractivity contribution in [2.75, 3.05) is 13.1 Å². The Morgan fingerprint density at radius 2 is 2.08 bits per heavy atom. The lowest BCUT2D eigenvalue weighted by atomic mass is 10.1. The molecule has 1 rings (SSSR count). The largest absolute Gasteiger partial charge is 0.384 e. The second-order valence-corrected chi connectivity index (χ2v) is 3.31. The summed E-state index contributed by atoms with van der Waals surface area (Å²) in [6.45, 7) is 4.00. The molecular formula is C8H14N2O3. The maximum Gasteiger partial charge on any atom is 0.248 e. The van der Waals surface area contributed by atoms with Gasteiger partial charge in [-0.15, -0.1) is 0 Å². The van der Waals surface area contributed by atoms with Gasteiger partial charge < -0.3 is 15.3 Å². The zero-order valence-electron chi connectivity index (χ0n) is 7.78. The molecule has 0 aromatic heterocycles. The first-order chi connectivity index (χ1) is 6.00. The summed E-state index contributed by atoms with van der Waals surface area (Å²) in [7, 11) is 0. The minimum absolute atomic E-state index is 0.00556. The van der Waals surface area contributed by atoms with Crippen molar-refractivity contribution in [3.8, 4) is 0 Å². The number of amides is 2. The van der Waals surface area contributed by atoms with Gasteiger partial charge in [0, 0.05) is 20.0 Å². The van der Waals surface area contributed by atoms with Gasteiger partial charge in [0.05, 0.1) is 6.04 Å². The van der Waals surface area contributed by atoms with Crippen LogP contribution < -0.4 is 5.32 Å². The summed E-state index contributed by atoms with van der Waals surface area (Å²) in [5, 5.41) is 11.5. The molecule has 0 bridgehead atoms. The average Bonchev–Trinajstić information content (AvgIpc) is 1.94. The van der Waals surface area contributed by atoms with E-state index in [-0.39, 0.29) is 17.9 Å². The summed E-state index contributed by atoms with van der Waals surface area (Å²) < 4.78 is 0. The predicted molar refractivity (Wildman–Crippen MR) is 45.9 cm³/mol. The van der Waals surface area contributed by atoms with Gasteiger partial charge in [0.25, 0.3) is 0 Å². The van der Waals surface area contributed by atoms with Crippen LogP contribution in [0, 0.1) is 0 Å². The lowest BCUT2D eigenvalue weighted by molar-refractivity contribution is -0.137. The van der Waals surface area contributed by atoms with Crippen LogP contribution in [-0.4, -0.2) is 47.1 Å². The van der Waals surface area contributed by atoms with Gasteiger partial charge in [-0.05, 0) is 6.92 Å². The van der Waals surface area contributed by atoms with Crippen LogP contribution >= 0.6 is 0 Å². The van der Waals surface area contributed by atoms with Crippen molar-refractivity contribution < 1.29 is 14.7 Å². The molecule has 0 aromatic carbocycles. The van der Waals surface area contributed by atoms with E-state index in [9.17, 15) is 9.59 Å². The number of hydrogen-bond acceptors (Lipinski definition) is 3. The van der Waals surface area contributed by atoms with Gasteiger partial charge in [-0.1, -0.05) is 0 Å². The zero-order valence-corrected chi connectivity index (χ0v) is 7.78. The number of likely N-dealkylation sites (tertiary alicyclic amines) is 1. The number of carbonyl (C=O) groups is 2. The molecule has 1 fully saturated rings. The van der Waals surface area contributed by atoms with Crippen molar-refractivity contribution in [2.45, 2.75) is 26.0 Å². The van der Waals surface area contributed by atoms with Gasteiger partial charge >= 0.3 is 0 Å². The van der Waals surface area contributed by atoms with Crippen LogP contribution in [0.4, 0.5) is 0 Å². The van der Waals surface area contributed by atoms with E-state index in [4.69, 9.17) is 5.11 Å². The minimum Gasteiger partial charge on any atom is -0.384 e. The Morgan fingerprint density at radius 1 is 1.54 bits per heavy atom. The molecule has 2 N–H and O–H groups in total. The van der Waals surface area contributed by atoms with Gasteiger partial charge in [-0.3, -0.25) is 9.59 Å². The summed E-state index contributed by atoms with van der Waals surface area (Å²) in [6.07, 6.45) is -0.980. The molecule has 0 radical (unpaired) electrons. The Balaban J connectivity index is 2.22. The fourth-order valence-electron chi connectivity index (χ4n) is 1.15. The molecule has 13 heavy (non-hydrogen) atoms. The maximum absolute atomic E-state index is 11.0. The van der Waals surface area contributed by atoms with Gasteiger partial charge in [0.1, 0.15) is 6.10 Å². The van der Waals surface area contributed by atoms with E-state index in [0.717, 1.165) is 0 Å². The normalized spacial score (nSPS) is 19.2. The van der Waals surface area contributed by atoms with E-state index < -0.39 is 6.10 Å². The van der Waals surface area contributed by atoms with Crippen LogP contribution in [0.3, 0.4) is 0 Å². The predicted octanol–water partition coefficient (Wildman–Crippen LogP) is -1.29. The van der Waals surface area contributed by atoms with E-state index >= 15 is 0 Å². The Hall–Kier alpha value is -1.10. The molecule has 0 aromatic rings. The molecule has 0 aliphatic carbocycles. The third-order valence-corrected chi connectivity index (χ3v) is 2.05. The smallest absolute Gasteiger partial charge is 0.248 e. The summed E-state index contributed by atoms with van der Waals surface area (Å²) in [4.78, 5) is 23.3. The van der Waals surface area contributed by atoms with Gasteiger partial charge in [0.2, 0.25) is 11.8 Å². The van der Waals surface area contributed by atoms with Crippen LogP contribution in [0.1, 0.15) is 13.8 Å². The average molecular weight is 186 g/mol. The SMILES string of the molecule is CC(=O)N1CC(NC(=O)[C@H](C)O)C1. The Labute approximate surface area is 76.7 Å². The molecule has 0 unspecified atom stereocenters. The highest BCUT2D eigenvalue weighted by Gasteiger charge is 2.30. The van der Waals surface area contributed by atoms with Crippen molar-refractivity contribution in [1.82, 2.24) is 10.2 Å². The lowest BCUT2D eigenvalue weighted by Gasteiger charge is -2.39. The number of rotatable bonds is 2. The number of aliphatic hydroxyl groups is 1. The Morgan fingerprint density at radius 3 is 2.46 bits per heavy atom. The lowest BCUT2D eigenvalue weighted by Crippen LogP contribution is -2.61. The Kier molecular flexibility index (Phi) is 2.87. The molecule has 1 aliphatic heterocycles. The van der Waals surface area contributed by atoms with Gasteiger partial charge in [0.15, 0.2) is 0 Å². The Bertz CT molecular complexity index is 221. The molecule has 1 heterocycles. The molecule has 0 saturated carbocycles. The fourth-order valence-corrected chi connectivity index (χ4v) is 1.15. The van der Waals surface area contributed by atoms with E-state index in [0.29, 0.717) is 13.1 Å². The molecule has 5 nitrogen and oxygen atoms in total. The highest BCUT2D eigenvalue weighted by Crippen LogP contribution is 2.07. The van der Waals surface area contributed by atoms with Crippen LogP contribution in [0.15, 0.2) is 0 Å². The van der Waals surface area contributed by atoms with Crippen LogP contribution in [0.5, 0.6) is 0 Å². The summed E-state index contributed by atoms with van der Waals surface area (Å²) >= 11 is 0. The monoisotopic (exact) mass is 186 g/mol. The molecular weight excluding hydrogens is 172 g/mol. The van der Waals surface area contributed by atoms with Crippen molar-refractivity contribution in [3.63, 3.8) is 0 Å². The number of aliphatic hydroxyl groups excluding tert-OH is 1. The third-order valence-electron chi connectivity index (χ3n) is 2.05. The third kappa shape index (κ3) is 2.42. The number of nitrogens with one attached hydrogen (secondary N) is 1. The topological polar surface area (TPSA) is 69.6 Å². The molecule has 0 spiro atoms. The van der Waals surface area contributed by atoms with E-state index in [1.165, 1.54) is 13.8 Å². The van der Waals surface area contributed by atoms with Gasteiger partial charge in [-0.25, -0.2) is 0 Å². The van der Waals surface area contributed by atoms with Crippen molar-refractivity contribution in [1.29, 1.82) is 0 Å². The zero-order chi connectivity index (χ0) is 10.0. The highest BCUT2D eigenvalue weighted by atomic mass is 16.3. The van der Waals surface area contributed by atoms with E-state index in [2.05, 4.69) is 5.32 Å². The highest BCUT2D eigenvalue weighted by molar-refractivity contribution is 5.81. The molecule has 74 valence electrons.